The lowest BCUT2D eigenvalue weighted by Gasteiger charge is -2.18. The Kier molecular flexibility index (Phi) is 8.36. The minimum atomic E-state index is 0.0286. The second-order valence-corrected chi connectivity index (χ2v) is 5.63. The summed E-state index contributed by atoms with van der Waals surface area (Å²) >= 11 is 0. The highest BCUT2D eigenvalue weighted by atomic mass is 16.5. The van der Waals surface area contributed by atoms with Gasteiger partial charge in [0, 0.05) is 19.7 Å². The molecule has 0 saturated heterocycles. The minimum absolute atomic E-state index is 0.0286. The Balaban J connectivity index is 2.46. The highest BCUT2D eigenvalue weighted by molar-refractivity contribution is 5.79. The van der Waals surface area contributed by atoms with E-state index in [4.69, 9.17) is 9.84 Å². The molecule has 0 spiro atoms. The van der Waals surface area contributed by atoms with Gasteiger partial charge in [-0.2, -0.15) is 0 Å². The van der Waals surface area contributed by atoms with Crippen molar-refractivity contribution in [1.82, 2.24) is 10.6 Å². The van der Waals surface area contributed by atoms with Crippen LogP contribution in [0.3, 0.4) is 0 Å². The van der Waals surface area contributed by atoms with Crippen LogP contribution in [0.5, 0.6) is 5.75 Å². The molecule has 0 saturated carbocycles. The minimum Gasteiger partial charge on any atom is -0.489 e. The van der Waals surface area contributed by atoms with Crippen LogP contribution in [0.1, 0.15) is 26.3 Å². The number of nitrogens with one attached hydrogen (secondary N) is 2. The number of nitrogens with zero attached hydrogens (tertiary/aromatic N) is 1. The van der Waals surface area contributed by atoms with E-state index in [9.17, 15) is 0 Å². The first-order chi connectivity index (χ1) is 10.5. The molecule has 0 amide bonds. The highest BCUT2D eigenvalue weighted by Gasteiger charge is 2.06. The number of hydrogen-bond donors (Lipinski definition) is 3. The molecule has 2 unspecified atom stereocenters. The average Bonchev–Trinajstić information content (AvgIpc) is 2.49. The molecule has 2 atom stereocenters. The number of aryl methyl sites for hydroxylation is 1. The van der Waals surface area contributed by atoms with E-state index >= 15 is 0 Å². The van der Waals surface area contributed by atoms with Crippen LogP contribution in [0, 0.1) is 12.8 Å². The van der Waals surface area contributed by atoms with Crippen LogP contribution < -0.4 is 15.4 Å². The number of guanidine groups is 1. The van der Waals surface area contributed by atoms with Gasteiger partial charge in [0.1, 0.15) is 11.9 Å². The molecule has 124 valence electrons. The fourth-order valence-corrected chi connectivity index (χ4v) is 1.85. The third-order valence-electron chi connectivity index (χ3n) is 3.10. The van der Waals surface area contributed by atoms with Crippen molar-refractivity contribution in [3.05, 3.63) is 29.8 Å². The van der Waals surface area contributed by atoms with Gasteiger partial charge in [0.25, 0.3) is 0 Å². The Hall–Kier alpha value is -1.75. The van der Waals surface area contributed by atoms with Gasteiger partial charge in [-0.15, -0.1) is 0 Å². The van der Waals surface area contributed by atoms with E-state index in [0.717, 1.165) is 18.3 Å². The number of rotatable bonds is 8. The summed E-state index contributed by atoms with van der Waals surface area (Å²) in [5.74, 6) is 1.80. The maximum Gasteiger partial charge on any atom is 0.191 e. The molecule has 5 nitrogen and oxygen atoms in total. The third kappa shape index (κ3) is 7.31. The molecule has 0 aliphatic heterocycles. The summed E-state index contributed by atoms with van der Waals surface area (Å²) in [7, 11) is 0. The van der Waals surface area contributed by atoms with Crippen molar-refractivity contribution in [1.29, 1.82) is 0 Å². The summed E-state index contributed by atoms with van der Waals surface area (Å²) in [6.45, 7) is 10.3. The molecule has 1 aromatic rings. The van der Waals surface area contributed by atoms with Crippen molar-refractivity contribution in [3.8, 4) is 5.75 Å². The van der Waals surface area contributed by atoms with Crippen molar-refractivity contribution in [2.24, 2.45) is 10.9 Å². The van der Waals surface area contributed by atoms with Crippen molar-refractivity contribution >= 4 is 5.96 Å². The zero-order chi connectivity index (χ0) is 16.4. The van der Waals surface area contributed by atoms with E-state index in [1.54, 1.807) is 0 Å². The predicted octanol–water partition coefficient (Wildman–Crippen LogP) is 1.95. The molecular weight excluding hydrogens is 278 g/mol. The van der Waals surface area contributed by atoms with E-state index in [2.05, 4.69) is 15.6 Å². The Morgan fingerprint density at radius 1 is 1.32 bits per heavy atom. The van der Waals surface area contributed by atoms with E-state index in [1.807, 2.05) is 52.0 Å². The standard InChI is InChI=1S/C17H29N3O2/c1-5-18-17(19-10-14(3)12-21)20-11-15(4)22-16-8-6-7-13(2)9-16/h6-9,14-15,21H,5,10-12H2,1-4H3,(H2,18,19,20). The number of aliphatic hydroxyl groups is 1. The molecule has 0 fully saturated rings. The Morgan fingerprint density at radius 2 is 2.09 bits per heavy atom. The van der Waals surface area contributed by atoms with E-state index in [0.29, 0.717) is 13.1 Å². The van der Waals surface area contributed by atoms with E-state index in [-0.39, 0.29) is 18.6 Å². The van der Waals surface area contributed by atoms with Crippen LogP contribution in [0.15, 0.2) is 29.3 Å². The summed E-state index contributed by atoms with van der Waals surface area (Å²) in [6.07, 6.45) is 0.0286. The van der Waals surface area contributed by atoms with Crippen molar-refractivity contribution in [2.45, 2.75) is 33.8 Å². The average molecular weight is 307 g/mol. The van der Waals surface area contributed by atoms with Crippen molar-refractivity contribution in [2.75, 3.05) is 26.2 Å². The highest BCUT2D eigenvalue weighted by Crippen LogP contribution is 2.13. The zero-order valence-electron chi connectivity index (χ0n) is 14.1. The lowest BCUT2D eigenvalue weighted by atomic mass is 10.2. The van der Waals surface area contributed by atoms with E-state index in [1.165, 1.54) is 5.56 Å². The first-order valence-corrected chi connectivity index (χ1v) is 7.91. The van der Waals surface area contributed by atoms with Crippen LogP contribution in [-0.4, -0.2) is 43.4 Å². The van der Waals surface area contributed by atoms with Crippen LogP contribution >= 0.6 is 0 Å². The van der Waals surface area contributed by atoms with Gasteiger partial charge in [-0.1, -0.05) is 19.1 Å². The van der Waals surface area contributed by atoms with Crippen LogP contribution in [0.4, 0.5) is 0 Å². The Morgan fingerprint density at radius 3 is 2.73 bits per heavy atom. The molecular formula is C17H29N3O2. The molecule has 0 radical (unpaired) electrons. The van der Waals surface area contributed by atoms with E-state index < -0.39 is 0 Å². The van der Waals surface area contributed by atoms with Gasteiger partial charge in [-0.3, -0.25) is 4.99 Å². The topological polar surface area (TPSA) is 65.9 Å². The zero-order valence-corrected chi connectivity index (χ0v) is 14.1. The van der Waals surface area contributed by atoms with Crippen molar-refractivity contribution in [3.63, 3.8) is 0 Å². The smallest absolute Gasteiger partial charge is 0.191 e. The van der Waals surface area contributed by atoms with Gasteiger partial charge in [0.15, 0.2) is 5.96 Å². The largest absolute Gasteiger partial charge is 0.489 e. The Labute approximate surface area is 133 Å². The monoisotopic (exact) mass is 307 g/mol. The quantitative estimate of drug-likeness (QED) is 0.507. The number of aliphatic hydroxyl groups excluding tert-OH is 1. The summed E-state index contributed by atoms with van der Waals surface area (Å²) in [5, 5.41) is 15.5. The number of ether oxygens (including phenoxy) is 1. The second-order valence-electron chi connectivity index (χ2n) is 5.63. The SMILES string of the molecule is CCNC(=NCC(C)CO)NCC(C)Oc1cccc(C)c1. The summed E-state index contributed by atoms with van der Waals surface area (Å²) in [6, 6.07) is 8.03. The first kappa shape index (κ1) is 18.3. The first-order valence-electron chi connectivity index (χ1n) is 7.91. The maximum absolute atomic E-state index is 9.05. The number of hydrogen-bond acceptors (Lipinski definition) is 3. The summed E-state index contributed by atoms with van der Waals surface area (Å²) in [4.78, 5) is 4.46. The van der Waals surface area contributed by atoms with Crippen LogP contribution in [0.2, 0.25) is 0 Å². The van der Waals surface area contributed by atoms with Crippen LogP contribution in [-0.2, 0) is 0 Å². The summed E-state index contributed by atoms with van der Waals surface area (Å²) < 4.78 is 5.89. The number of aliphatic imine (C=N–C) groups is 1. The maximum atomic E-state index is 9.05. The fraction of sp³-hybridized carbons (Fsp3) is 0.588. The van der Waals surface area contributed by atoms with Crippen molar-refractivity contribution < 1.29 is 9.84 Å². The molecule has 0 aliphatic rings. The van der Waals surface area contributed by atoms with Gasteiger partial charge in [-0.25, -0.2) is 0 Å². The molecule has 0 heterocycles. The molecule has 1 aromatic carbocycles. The lowest BCUT2D eigenvalue weighted by molar-refractivity contribution is 0.223. The molecule has 0 aromatic heterocycles. The summed E-state index contributed by atoms with van der Waals surface area (Å²) in [5.41, 5.74) is 1.19. The van der Waals surface area contributed by atoms with Crippen LogP contribution in [0.25, 0.3) is 0 Å². The van der Waals surface area contributed by atoms with Gasteiger partial charge in [0.05, 0.1) is 6.54 Å². The Bertz CT molecular complexity index is 463. The molecule has 1 rings (SSSR count). The van der Waals surface area contributed by atoms with Gasteiger partial charge < -0.3 is 20.5 Å². The third-order valence-corrected chi connectivity index (χ3v) is 3.10. The normalized spacial score (nSPS) is 14.3. The second kappa shape index (κ2) is 10.1. The van der Waals surface area contributed by atoms with Gasteiger partial charge in [-0.05, 0) is 44.4 Å². The molecule has 0 bridgehead atoms. The lowest BCUT2D eigenvalue weighted by Crippen LogP contribution is -2.42. The number of benzene rings is 1. The molecule has 22 heavy (non-hydrogen) atoms. The molecule has 3 N–H and O–H groups in total. The predicted molar refractivity (Wildman–Crippen MR) is 91.5 cm³/mol. The van der Waals surface area contributed by atoms with Gasteiger partial charge >= 0.3 is 0 Å². The molecule has 5 heteroatoms. The van der Waals surface area contributed by atoms with Gasteiger partial charge in [0.2, 0.25) is 0 Å². The molecule has 0 aliphatic carbocycles. The fourth-order valence-electron chi connectivity index (χ4n) is 1.85.